The summed E-state index contributed by atoms with van der Waals surface area (Å²) in [4.78, 5) is 4.05. The molecule has 0 spiro atoms. The molecule has 1 heterocycles. The van der Waals surface area contributed by atoms with Crippen molar-refractivity contribution >= 4 is 0 Å². The van der Waals surface area contributed by atoms with E-state index in [0.29, 0.717) is 6.61 Å². The van der Waals surface area contributed by atoms with Crippen LogP contribution in [0.4, 0.5) is 0 Å². The third kappa shape index (κ3) is 12.8. The number of hydrogen-bond acceptors (Lipinski definition) is 3. The number of pyridine rings is 1. The topological polar surface area (TPSA) is 42.4 Å². The zero-order valence-corrected chi connectivity index (χ0v) is 14.3. The Morgan fingerprint density at radius 2 is 1.61 bits per heavy atom. The molecule has 0 unspecified atom stereocenters. The molecule has 0 saturated carbocycles. The van der Waals surface area contributed by atoms with Crippen LogP contribution in [0.1, 0.15) is 69.8 Å². The van der Waals surface area contributed by atoms with Gasteiger partial charge in [0.05, 0.1) is 13.2 Å². The highest BCUT2D eigenvalue weighted by Crippen LogP contribution is 2.10. The summed E-state index contributed by atoms with van der Waals surface area (Å²) >= 11 is 0. The van der Waals surface area contributed by atoms with Crippen LogP contribution in [-0.2, 0) is 4.74 Å². The van der Waals surface area contributed by atoms with E-state index in [9.17, 15) is 0 Å². The summed E-state index contributed by atoms with van der Waals surface area (Å²) in [6, 6.07) is 3.92. The first-order valence-corrected chi connectivity index (χ1v) is 9.01. The molecule has 0 saturated heterocycles. The van der Waals surface area contributed by atoms with Crippen molar-refractivity contribution in [3.63, 3.8) is 0 Å². The molecule has 0 fully saturated rings. The molecule has 0 bridgehead atoms. The van der Waals surface area contributed by atoms with Gasteiger partial charge in [0.25, 0.3) is 0 Å². The number of hydrogen-bond donors (Lipinski definition) is 1. The van der Waals surface area contributed by atoms with Crippen LogP contribution in [-0.4, -0.2) is 29.9 Å². The minimum Gasteiger partial charge on any atom is -0.394 e. The third-order valence-electron chi connectivity index (χ3n) is 3.72. The van der Waals surface area contributed by atoms with E-state index in [1.54, 1.807) is 6.20 Å². The lowest BCUT2D eigenvalue weighted by atomic mass is 10.1. The number of unbranched alkanes of at least 4 members (excludes halogenated alkanes) is 9. The van der Waals surface area contributed by atoms with Gasteiger partial charge in [0, 0.05) is 31.0 Å². The number of ether oxygens (including phenoxy) is 1. The Morgan fingerprint density at radius 1 is 0.913 bits per heavy atom. The number of rotatable bonds is 13. The van der Waals surface area contributed by atoms with Gasteiger partial charge in [-0.05, 0) is 25.0 Å². The van der Waals surface area contributed by atoms with Gasteiger partial charge in [-0.15, -0.1) is 0 Å². The Bertz CT molecular complexity index is 422. The van der Waals surface area contributed by atoms with Gasteiger partial charge in [0.15, 0.2) is 0 Å². The number of nitrogens with zero attached hydrogens (tertiary/aromatic N) is 1. The standard InChI is InChI=1S/C20H31NO2/c22-16-18-23-17-11-9-7-5-3-1-2-4-6-8-10-13-20-14-12-15-21-19-20/h12,14-15,19,22H,1-9,11,16-18H2. The molecule has 0 radical (unpaired) electrons. The molecule has 1 rings (SSSR count). The maximum Gasteiger partial charge on any atom is 0.0697 e. The van der Waals surface area contributed by atoms with Crippen molar-refractivity contribution < 1.29 is 9.84 Å². The van der Waals surface area contributed by atoms with Crippen molar-refractivity contribution in [1.82, 2.24) is 4.98 Å². The van der Waals surface area contributed by atoms with Crippen LogP contribution in [0, 0.1) is 11.8 Å². The average molecular weight is 317 g/mol. The lowest BCUT2D eigenvalue weighted by Gasteiger charge is -2.03. The van der Waals surface area contributed by atoms with E-state index in [1.807, 2.05) is 18.3 Å². The zero-order chi connectivity index (χ0) is 16.4. The molecule has 1 N–H and O–H groups in total. The monoisotopic (exact) mass is 317 g/mol. The maximum atomic E-state index is 8.57. The summed E-state index contributed by atoms with van der Waals surface area (Å²) in [5.74, 6) is 6.38. The van der Waals surface area contributed by atoms with Gasteiger partial charge >= 0.3 is 0 Å². The molecule has 0 aliphatic carbocycles. The van der Waals surface area contributed by atoms with Crippen molar-refractivity contribution in [3.05, 3.63) is 30.1 Å². The molecular formula is C20H31NO2. The molecule has 128 valence electrons. The van der Waals surface area contributed by atoms with Crippen molar-refractivity contribution in [2.75, 3.05) is 19.8 Å². The predicted octanol–water partition coefficient (Wildman–Crippen LogP) is 4.34. The number of aliphatic hydroxyl groups excluding tert-OH is 1. The molecule has 0 atom stereocenters. The van der Waals surface area contributed by atoms with Gasteiger partial charge in [-0.1, -0.05) is 56.8 Å². The van der Waals surface area contributed by atoms with Crippen LogP contribution in [0.2, 0.25) is 0 Å². The van der Waals surface area contributed by atoms with E-state index in [4.69, 9.17) is 9.84 Å². The Balaban J connectivity index is 1.79. The second-order valence-corrected chi connectivity index (χ2v) is 5.81. The second kappa shape index (κ2) is 15.5. The zero-order valence-electron chi connectivity index (χ0n) is 14.3. The van der Waals surface area contributed by atoms with Gasteiger partial charge in [-0.25, -0.2) is 0 Å². The molecule has 1 aromatic rings. The Kier molecular flexibility index (Phi) is 13.3. The first-order chi connectivity index (χ1) is 11.4. The van der Waals surface area contributed by atoms with Gasteiger partial charge < -0.3 is 9.84 Å². The fourth-order valence-corrected chi connectivity index (χ4v) is 2.42. The second-order valence-electron chi connectivity index (χ2n) is 5.81. The van der Waals surface area contributed by atoms with Crippen LogP contribution in [0.15, 0.2) is 24.5 Å². The predicted molar refractivity (Wildman–Crippen MR) is 95.2 cm³/mol. The van der Waals surface area contributed by atoms with Gasteiger partial charge in [-0.3, -0.25) is 4.98 Å². The van der Waals surface area contributed by atoms with Crippen molar-refractivity contribution in [2.24, 2.45) is 0 Å². The maximum absolute atomic E-state index is 8.57. The third-order valence-corrected chi connectivity index (χ3v) is 3.72. The fraction of sp³-hybridized carbons (Fsp3) is 0.650. The van der Waals surface area contributed by atoms with Gasteiger partial charge in [0.2, 0.25) is 0 Å². The lowest BCUT2D eigenvalue weighted by molar-refractivity contribution is 0.0895. The Hall–Kier alpha value is -1.37. The quantitative estimate of drug-likeness (QED) is 0.434. The van der Waals surface area contributed by atoms with E-state index >= 15 is 0 Å². The first-order valence-electron chi connectivity index (χ1n) is 9.01. The first kappa shape index (κ1) is 19.7. The van der Waals surface area contributed by atoms with Crippen LogP contribution in [0.3, 0.4) is 0 Å². The number of aromatic nitrogens is 1. The molecule has 0 aliphatic heterocycles. The Labute approximate surface area is 141 Å². The fourth-order valence-electron chi connectivity index (χ4n) is 2.42. The van der Waals surface area contributed by atoms with E-state index in [2.05, 4.69) is 16.8 Å². The summed E-state index contributed by atoms with van der Waals surface area (Å²) in [6.45, 7) is 1.41. The summed E-state index contributed by atoms with van der Waals surface area (Å²) in [5, 5.41) is 8.57. The number of aliphatic hydroxyl groups is 1. The summed E-state index contributed by atoms with van der Waals surface area (Å²) in [6.07, 6.45) is 16.1. The normalized spacial score (nSPS) is 10.3. The highest BCUT2D eigenvalue weighted by molar-refractivity contribution is 5.30. The minimum absolute atomic E-state index is 0.134. The average Bonchev–Trinajstić information content (AvgIpc) is 2.59. The highest BCUT2D eigenvalue weighted by Gasteiger charge is 1.93. The van der Waals surface area contributed by atoms with Crippen LogP contribution >= 0.6 is 0 Å². The van der Waals surface area contributed by atoms with E-state index in [1.165, 1.54) is 51.4 Å². The molecule has 0 amide bonds. The molecule has 1 aromatic heterocycles. The van der Waals surface area contributed by atoms with Crippen molar-refractivity contribution in [2.45, 2.75) is 64.2 Å². The molecule has 3 nitrogen and oxygen atoms in total. The molecule has 23 heavy (non-hydrogen) atoms. The van der Waals surface area contributed by atoms with Crippen LogP contribution < -0.4 is 0 Å². The van der Waals surface area contributed by atoms with Crippen molar-refractivity contribution in [3.8, 4) is 11.8 Å². The molecule has 0 aliphatic rings. The van der Waals surface area contributed by atoms with E-state index < -0.39 is 0 Å². The lowest BCUT2D eigenvalue weighted by Crippen LogP contribution is -2.00. The van der Waals surface area contributed by atoms with Gasteiger partial charge in [0.1, 0.15) is 0 Å². The smallest absolute Gasteiger partial charge is 0.0697 e. The summed E-state index contributed by atoms with van der Waals surface area (Å²) in [5.41, 5.74) is 1.01. The Morgan fingerprint density at radius 3 is 2.26 bits per heavy atom. The van der Waals surface area contributed by atoms with E-state index in [-0.39, 0.29) is 6.61 Å². The summed E-state index contributed by atoms with van der Waals surface area (Å²) < 4.78 is 5.24. The molecule has 3 heteroatoms. The highest BCUT2D eigenvalue weighted by atomic mass is 16.5. The van der Waals surface area contributed by atoms with Crippen LogP contribution in [0.25, 0.3) is 0 Å². The van der Waals surface area contributed by atoms with E-state index in [0.717, 1.165) is 25.0 Å². The summed E-state index contributed by atoms with van der Waals surface area (Å²) in [7, 11) is 0. The largest absolute Gasteiger partial charge is 0.394 e. The van der Waals surface area contributed by atoms with Gasteiger partial charge in [-0.2, -0.15) is 0 Å². The molecular weight excluding hydrogens is 286 g/mol. The molecule has 0 aromatic carbocycles. The minimum atomic E-state index is 0.134. The SMILES string of the molecule is OCCOCCCCCCCCCCCC#Cc1cccnc1. The van der Waals surface area contributed by atoms with Crippen LogP contribution in [0.5, 0.6) is 0 Å². The van der Waals surface area contributed by atoms with Crippen molar-refractivity contribution in [1.29, 1.82) is 0 Å².